The molecule has 0 fully saturated rings. The summed E-state index contributed by atoms with van der Waals surface area (Å²) in [6.45, 7) is 2.27. The van der Waals surface area contributed by atoms with Gasteiger partial charge < -0.3 is 9.88 Å². The van der Waals surface area contributed by atoms with E-state index in [1.165, 1.54) is 0 Å². The van der Waals surface area contributed by atoms with Gasteiger partial charge in [0, 0.05) is 30.2 Å². The summed E-state index contributed by atoms with van der Waals surface area (Å²) in [5.41, 5.74) is 3.53. The van der Waals surface area contributed by atoms with Gasteiger partial charge in [-0.05, 0) is 48.7 Å². The number of imidazole rings is 1. The summed E-state index contributed by atoms with van der Waals surface area (Å²) in [5.74, 6) is -0.156. The zero-order chi connectivity index (χ0) is 20.9. The molecule has 2 aromatic carbocycles. The first-order chi connectivity index (χ1) is 13.8. The Morgan fingerprint density at radius 2 is 1.79 bits per heavy atom. The van der Waals surface area contributed by atoms with Crippen molar-refractivity contribution in [2.45, 2.75) is 19.4 Å². The molecule has 1 aromatic heterocycles. The lowest BCUT2D eigenvalue weighted by Crippen LogP contribution is -2.26. The third-order valence-electron chi connectivity index (χ3n) is 4.54. The molecule has 0 bridgehead atoms. The van der Waals surface area contributed by atoms with Gasteiger partial charge in [0.15, 0.2) is 0 Å². The van der Waals surface area contributed by atoms with Crippen LogP contribution in [0, 0.1) is 0 Å². The van der Waals surface area contributed by atoms with Crippen LogP contribution in [0.15, 0.2) is 67.3 Å². The van der Waals surface area contributed by atoms with Gasteiger partial charge in [-0.3, -0.25) is 4.79 Å². The molecular weight excluding hydrogens is 388 g/mol. The highest BCUT2D eigenvalue weighted by Gasteiger charge is 2.12. The third-order valence-corrected chi connectivity index (χ3v) is 5.27. The summed E-state index contributed by atoms with van der Waals surface area (Å²) >= 11 is 0. The number of nitrogens with one attached hydrogen (secondary N) is 2. The van der Waals surface area contributed by atoms with Gasteiger partial charge in [-0.25, -0.2) is 18.1 Å². The Labute approximate surface area is 170 Å². The highest BCUT2D eigenvalue weighted by molar-refractivity contribution is 7.88. The summed E-state index contributed by atoms with van der Waals surface area (Å²) in [5, 5.41) is 3.00. The van der Waals surface area contributed by atoms with Crippen LogP contribution in [-0.4, -0.2) is 36.7 Å². The predicted octanol–water partition coefficient (Wildman–Crippen LogP) is 2.46. The van der Waals surface area contributed by atoms with E-state index in [2.05, 4.69) is 15.0 Å². The number of sulfonamides is 1. The van der Waals surface area contributed by atoms with E-state index < -0.39 is 10.0 Å². The molecule has 0 saturated heterocycles. The predicted molar refractivity (Wildman–Crippen MR) is 112 cm³/mol. The van der Waals surface area contributed by atoms with Crippen molar-refractivity contribution in [3.05, 3.63) is 83.9 Å². The maximum Gasteiger partial charge on any atom is 0.251 e. The number of hydrogen-bond donors (Lipinski definition) is 2. The van der Waals surface area contributed by atoms with Crippen LogP contribution >= 0.6 is 0 Å². The first kappa shape index (κ1) is 20.8. The Morgan fingerprint density at radius 3 is 2.38 bits per heavy atom. The van der Waals surface area contributed by atoms with Crippen molar-refractivity contribution in [1.82, 2.24) is 19.6 Å². The first-order valence-electron chi connectivity index (χ1n) is 9.24. The molecule has 0 aliphatic heterocycles. The van der Waals surface area contributed by atoms with E-state index in [0.717, 1.165) is 23.1 Å². The zero-order valence-electron chi connectivity index (χ0n) is 16.4. The quantitative estimate of drug-likeness (QED) is 0.594. The highest BCUT2D eigenvalue weighted by Crippen LogP contribution is 2.16. The number of carbonyl (C=O) groups is 1. The minimum absolute atomic E-state index is 0.141. The average molecular weight is 413 g/mol. The normalized spacial score (nSPS) is 12.5. The summed E-state index contributed by atoms with van der Waals surface area (Å²) in [6, 6.07) is 15.0. The third kappa shape index (κ3) is 6.00. The largest absolute Gasteiger partial charge is 0.346 e. The van der Waals surface area contributed by atoms with E-state index in [4.69, 9.17) is 0 Å². The van der Waals surface area contributed by atoms with Gasteiger partial charge >= 0.3 is 0 Å². The van der Waals surface area contributed by atoms with Crippen molar-refractivity contribution in [2.24, 2.45) is 0 Å². The number of hydrogen-bond acceptors (Lipinski definition) is 4. The molecule has 3 rings (SSSR count). The van der Waals surface area contributed by atoms with Gasteiger partial charge in [0.2, 0.25) is 10.0 Å². The van der Waals surface area contributed by atoms with Crippen LogP contribution in [0.3, 0.4) is 0 Å². The fraction of sp³-hybridized carbons (Fsp3) is 0.238. The van der Waals surface area contributed by atoms with Crippen LogP contribution in [0.5, 0.6) is 0 Å². The molecule has 3 aromatic rings. The standard InChI is InChI=1S/C21H24N4O3S/c1-16(18-7-9-20(10-8-18)25-14-13-22-15-25)24-21(26)19-5-3-17(4-6-19)11-12-23-29(2,27)28/h3-10,13-16,23H,11-12H2,1-2H3,(H,24,26)/t16-/m1/s1. The molecule has 1 heterocycles. The second kappa shape index (κ2) is 9.02. The molecule has 1 atom stereocenters. The topological polar surface area (TPSA) is 93.1 Å². The maximum absolute atomic E-state index is 12.5. The van der Waals surface area contributed by atoms with Crippen molar-refractivity contribution in [2.75, 3.05) is 12.8 Å². The molecule has 2 N–H and O–H groups in total. The van der Waals surface area contributed by atoms with Crippen LogP contribution in [-0.2, 0) is 16.4 Å². The lowest BCUT2D eigenvalue weighted by molar-refractivity contribution is 0.0940. The Kier molecular flexibility index (Phi) is 6.46. The van der Waals surface area contributed by atoms with Gasteiger partial charge in [-0.15, -0.1) is 0 Å². The molecular formula is C21H24N4O3S. The molecule has 0 radical (unpaired) electrons. The van der Waals surface area contributed by atoms with Crippen LogP contribution in [0.1, 0.15) is 34.5 Å². The van der Waals surface area contributed by atoms with E-state index in [1.54, 1.807) is 24.7 Å². The number of nitrogens with zero attached hydrogens (tertiary/aromatic N) is 2. The fourth-order valence-corrected chi connectivity index (χ4v) is 3.39. The Morgan fingerprint density at radius 1 is 1.10 bits per heavy atom. The number of amides is 1. The molecule has 0 unspecified atom stereocenters. The lowest BCUT2D eigenvalue weighted by Gasteiger charge is -2.15. The van der Waals surface area contributed by atoms with E-state index in [0.29, 0.717) is 18.5 Å². The number of benzene rings is 2. The Bertz CT molecular complexity index is 1040. The minimum Gasteiger partial charge on any atom is -0.346 e. The summed E-state index contributed by atoms with van der Waals surface area (Å²) in [6.07, 6.45) is 7.04. The smallest absolute Gasteiger partial charge is 0.251 e. The van der Waals surface area contributed by atoms with Crippen molar-refractivity contribution < 1.29 is 13.2 Å². The average Bonchev–Trinajstić information content (AvgIpc) is 3.22. The van der Waals surface area contributed by atoms with Crippen molar-refractivity contribution in [3.63, 3.8) is 0 Å². The van der Waals surface area contributed by atoms with E-state index >= 15 is 0 Å². The van der Waals surface area contributed by atoms with Gasteiger partial charge in [-0.1, -0.05) is 24.3 Å². The zero-order valence-corrected chi connectivity index (χ0v) is 17.2. The van der Waals surface area contributed by atoms with Gasteiger partial charge in [0.1, 0.15) is 0 Å². The molecule has 1 amide bonds. The van der Waals surface area contributed by atoms with Crippen molar-refractivity contribution in [3.8, 4) is 5.69 Å². The lowest BCUT2D eigenvalue weighted by atomic mass is 10.1. The highest BCUT2D eigenvalue weighted by atomic mass is 32.2. The van der Waals surface area contributed by atoms with E-state index in [9.17, 15) is 13.2 Å². The van der Waals surface area contributed by atoms with Crippen LogP contribution in [0.2, 0.25) is 0 Å². The molecule has 0 aliphatic rings. The molecule has 7 nitrogen and oxygen atoms in total. The van der Waals surface area contributed by atoms with Crippen LogP contribution in [0.4, 0.5) is 0 Å². The van der Waals surface area contributed by atoms with Crippen LogP contribution in [0.25, 0.3) is 5.69 Å². The number of carbonyl (C=O) groups excluding carboxylic acids is 1. The SMILES string of the molecule is C[C@@H](NC(=O)c1ccc(CCNS(C)(=O)=O)cc1)c1ccc(-n2ccnc2)cc1. The second-order valence-electron chi connectivity index (χ2n) is 6.87. The van der Waals surface area contributed by atoms with Crippen molar-refractivity contribution >= 4 is 15.9 Å². The second-order valence-corrected chi connectivity index (χ2v) is 8.70. The molecule has 8 heteroatoms. The van der Waals surface area contributed by atoms with Crippen LogP contribution < -0.4 is 10.0 Å². The first-order valence-corrected chi connectivity index (χ1v) is 11.1. The van der Waals surface area contributed by atoms with Gasteiger partial charge in [0.25, 0.3) is 5.91 Å². The van der Waals surface area contributed by atoms with E-state index in [-0.39, 0.29) is 11.9 Å². The monoisotopic (exact) mass is 412 g/mol. The summed E-state index contributed by atoms with van der Waals surface area (Å²) in [4.78, 5) is 16.6. The molecule has 0 spiro atoms. The number of aromatic nitrogens is 2. The van der Waals surface area contributed by atoms with Gasteiger partial charge in [-0.2, -0.15) is 0 Å². The Balaban J connectivity index is 1.56. The number of rotatable bonds is 8. The summed E-state index contributed by atoms with van der Waals surface area (Å²) < 4.78 is 26.6. The molecule has 29 heavy (non-hydrogen) atoms. The molecule has 152 valence electrons. The van der Waals surface area contributed by atoms with Crippen molar-refractivity contribution in [1.29, 1.82) is 0 Å². The fourth-order valence-electron chi connectivity index (χ4n) is 2.91. The minimum atomic E-state index is -3.19. The maximum atomic E-state index is 12.5. The van der Waals surface area contributed by atoms with Gasteiger partial charge in [0.05, 0.1) is 18.6 Å². The summed E-state index contributed by atoms with van der Waals surface area (Å²) in [7, 11) is -3.19. The Hall–Kier alpha value is -2.97. The van der Waals surface area contributed by atoms with E-state index in [1.807, 2.05) is 54.1 Å². The molecule has 0 saturated carbocycles. The molecule has 0 aliphatic carbocycles.